The van der Waals surface area contributed by atoms with Gasteiger partial charge in [0.25, 0.3) is 0 Å². The van der Waals surface area contributed by atoms with Crippen LogP contribution < -0.4 is 5.11 Å². The molecule has 0 aliphatic heterocycles. The number of aliphatic carboxylic acids is 1. The van der Waals surface area contributed by atoms with Crippen LogP contribution in [0, 0.1) is 0 Å². The predicted molar refractivity (Wildman–Crippen MR) is 76.5 cm³/mol. The molecule has 0 amide bonds. The largest absolute Gasteiger partial charge is 0.550 e. The van der Waals surface area contributed by atoms with Crippen LogP contribution in [0.5, 0.6) is 0 Å². The number of hydrogen-bond acceptors (Lipinski definition) is 2. The van der Waals surface area contributed by atoms with Gasteiger partial charge in [0.1, 0.15) is 0 Å². The molecule has 18 heavy (non-hydrogen) atoms. The fourth-order valence-corrected chi connectivity index (χ4v) is 2.11. The van der Waals surface area contributed by atoms with E-state index in [2.05, 4.69) is 6.92 Å². The van der Waals surface area contributed by atoms with E-state index in [1.165, 1.54) is 64.2 Å². The van der Waals surface area contributed by atoms with Crippen molar-refractivity contribution >= 4 is 33.3 Å². The van der Waals surface area contributed by atoms with Gasteiger partial charge in [-0.25, -0.2) is 0 Å². The van der Waals surface area contributed by atoms with Gasteiger partial charge in [-0.2, -0.15) is 0 Å². The molecule has 4 radical (unpaired) electrons. The fourth-order valence-electron chi connectivity index (χ4n) is 2.11. The quantitative estimate of drug-likeness (QED) is 0.320. The van der Waals surface area contributed by atoms with Crippen molar-refractivity contribution in [1.29, 1.82) is 0 Å². The zero-order valence-electron chi connectivity index (χ0n) is 12.0. The minimum absolute atomic E-state index is 0. The van der Waals surface area contributed by atoms with Crippen molar-refractivity contribution in [2.75, 3.05) is 0 Å². The van der Waals surface area contributed by atoms with E-state index in [9.17, 15) is 9.90 Å². The average molecular weight is 449 g/mol. The summed E-state index contributed by atoms with van der Waals surface area (Å²) < 4.78 is 0. The summed E-state index contributed by atoms with van der Waals surface area (Å²) in [4.78, 5) is 10.2. The molecule has 2 nitrogen and oxygen atoms in total. The van der Waals surface area contributed by atoms with Gasteiger partial charge in [-0.3, -0.25) is 0 Å². The zero-order chi connectivity index (χ0) is 12.8. The summed E-state index contributed by atoms with van der Waals surface area (Å²) in [6.07, 6.45) is 15.5. The van der Waals surface area contributed by atoms with Crippen LogP contribution in [-0.2, 0) is 4.79 Å². The van der Waals surface area contributed by atoms with Gasteiger partial charge in [0, 0.05) is 33.3 Å². The first kappa shape index (κ1) is 20.7. The maximum absolute atomic E-state index is 10.2. The molecule has 0 bridgehead atoms. The number of hydrogen-bond donors (Lipinski definition) is 0. The molecule has 0 aliphatic carbocycles. The van der Waals surface area contributed by atoms with E-state index in [-0.39, 0.29) is 33.7 Å². The molecule has 0 unspecified atom stereocenters. The molecule has 3 heteroatoms. The van der Waals surface area contributed by atoms with Crippen LogP contribution in [0.25, 0.3) is 0 Å². The molecule has 106 valence electrons. The van der Waals surface area contributed by atoms with Crippen LogP contribution in [0.15, 0.2) is 0 Å². The molecule has 0 N–H and O–H groups in total. The average Bonchev–Trinajstić information content (AvgIpc) is 2.30. The molecule has 0 rings (SSSR count). The molecule has 0 aromatic heterocycles. The van der Waals surface area contributed by atoms with Gasteiger partial charge >= 0.3 is 0 Å². The van der Waals surface area contributed by atoms with Crippen molar-refractivity contribution in [2.45, 2.75) is 90.4 Å². The first-order valence-electron chi connectivity index (χ1n) is 7.47. The maximum atomic E-state index is 10.2. The summed E-state index contributed by atoms with van der Waals surface area (Å²) in [6.45, 7) is 2.25. The predicted octanol–water partition coefficient (Wildman–Crippen LogP) is 3.45. The summed E-state index contributed by atoms with van der Waals surface area (Å²) in [5.41, 5.74) is 0. The molecule has 0 saturated heterocycles. The Kier molecular flexibility index (Phi) is 20.0. The van der Waals surface area contributed by atoms with Crippen LogP contribution in [0.1, 0.15) is 90.4 Å². The van der Waals surface area contributed by atoms with E-state index in [1.807, 2.05) is 0 Å². The second kappa shape index (κ2) is 17.4. The van der Waals surface area contributed by atoms with E-state index >= 15 is 0 Å². The van der Waals surface area contributed by atoms with Crippen molar-refractivity contribution in [2.24, 2.45) is 0 Å². The molecule has 0 aliphatic rings. The smallest absolute Gasteiger partial charge is 0.0414 e. The van der Waals surface area contributed by atoms with Crippen LogP contribution in [-0.4, -0.2) is 33.3 Å². The second-order valence-electron chi connectivity index (χ2n) is 5.01. The summed E-state index contributed by atoms with van der Waals surface area (Å²) in [5, 5.41) is 10.2. The van der Waals surface area contributed by atoms with E-state index in [0.29, 0.717) is 0 Å². The Bertz CT molecular complexity index is 172. The van der Waals surface area contributed by atoms with Gasteiger partial charge in [-0.15, -0.1) is 0 Å². The SMILES string of the molecule is CCCCCCCCCCCCCCC(=O)[O-].[Pb]. The van der Waals surface area contributed by atoms with Crippen LogP contribution in [0.4, 0.5) is 0 Å². The second-order valence-corrected chi connectivity index (χ2v) is 5.01. The van der Waals surface area contributed by atoms with Crippen molar-refractivity contribution in [3.63, 3.8) is 0 Å². The van der Waals surface area contributed by atoms with Gasteiger partial charge < -0.3 is 9.90 Å². The molecule has 0 atom stereocenters. The summed E-state index contributed by atoms with van der Waals surface area (Å²) >= 11 is 0. The Labute approximate surface area is 133 Å². The van der Waals surface area contributed by atoms with Gasteiger partial charge in [0.2, 0.25) is 0 Å². The first-order valence-corrected chi connectivity index (χ1v) is 7.47. The Morgan fingerprint density at radius 3 is 1.39 bits per heavy atom. The molecule has 0 spiro atoms. The van der Waals surface area contributed by atoms with Crippen LogP contribution in [0.2, 0.25) is 0 Å². The normalized spacial score (nSPS) is 10.1. The number of rotatable bonds is 13. The van der Waals surface area contributed by atoms with Crippen molar-refractivity contribution in [3.05, 3.63) is 0 Å². The standard InChI is InChI=1S/C15H30O2.Pb/c1-2-3-4-5-6-7-8-9-10-11-12-13-14-15(16)17;/h2-14H2,1H3,(H,16,17);/p-1. The molecule has 0 aromatic rings. The summed E-state index contributed by atoms with van der Waals surface area (Å²) in [6, 6.07) is 0. The Balaban J connectivity index is 0. The van der Waals surface area contributed by atoms with Crippen molar-refractivity contribution < 1.29 is 9.90 Å². The van der Waals surface area contributed by atoms with Crippen molar-refractivity contribution in [3.8, 4) is 0 Å². The molecule has 0 aromatic carbocycles. The van der Waals surface area contributed by atoms with Crippen molar-refractivity contribution in [1.82, 2.24) is 0 Å². The molecule has 0 saturated carbocycles. The van der Waals surface area contributed by atoms with Crippen LogP contribution in [0.3, 0.4) is 0 Å². The van der Waals surface area contributed by atoms with Gasteiger partial charge in [-0.05, 0) is 12.8 Å². The van der Waals surface area contributed by atoms with Gasteiger partial charge in [0.05, 0.1) is 0 Å². The molecule has 0 heterocycles. The van der Waals surface area contributed by atoms with E-state index in [0.717, 1.165) is 12.8 Å². The number of unbranched alkanes of at least 4 members (excludes halogenated alkanes) is 11. The third-order valence-electron chi connectivity index (χ3n) is 3.23. The third-order valence-corrected chi connectivity index (χ3v) is 3.23. The third kappa shape index (κ3) is 18.7. The number of carboxylic acids is 1. The molecule has 0 fully saturated rings. The monoisotopic (exact) mass is 449 g/mol. The molecular formula is C15H29O2Pb-. The minimum atomic E-state index is -0.905. The number of carbonyl (C=O) groups is 1. The Hall–Kier alpha value is 0.392. The number of carbonyl (C=O) groups excluding carboxylic acids is 1. The Morgan fingerprint density at radius 1 is 0.722 bits per heavy atom. The fraction of sp³-hybridized carbons (Fsp3) is 0.933. The Morgan fingerprint density at radius 2 is 1.06 bits per heavy atom. The van der Waals surface area contributed by atoms with Gasteiger partial charge in [0.15, 0.2) is 0 Å². The van der Waals surface area contributed by atoms with Crippen LogP contribution >= 0.6 is 0 Å². The summed E-state index contributed by atoms with van der Waals surface area (Å²) in [7, 11) is 0. The van der Waals surface area contributed by atoms with E-state index in [1.54, 1.807) is 0 Å². The topological polar surface area (TPSA) is 40.1 Å². The molecular weight excluding hydrogens is 419 g/mol. The van der Waals surface area contributed by atoms with E-state index < -0.39 is 5.97 Å². The minimum Gasteiger partial charge on any atom is -0.550 e. The summed E-state index contributed by atoms with van der Waals surface area (Å²) in [5.74, 6) is -0.905. The van der Waals surface area contributed by atoms with E-state index in [4.69, 9.17) is 0 Å². The number of carboxylic acid groups (broad SMARTS) is 1. The van der Waals surface area contributed by atoms with Gasteiger partial charge in [-0.1, -0.05) is 77.6 Å². The first-order chi connectivity index (χ1) is 8.27. The maximum Gasteiger partial charge on any atom is 0.0414 e. The zero-order valence-corrected chi connectivity index (χ0v) is 15.9.